The minimum Gasteiger partial charge on any atom is -0.338 e. The number of fused-ring (bicyclic) bond motifs is 1. The summed E-state index contributed by atoms with van der Waals surface area (Å²) >= 11 is 7.61. The molecule has 0 amide bonds. The zero-order chi connectivity index (χ0) is 17.2. The van der Waals surface area contributed by atoms with Gasteiger partial charge in [0.2, 0.25) is 11.7 Å². The molecule has 0 aliphatic heterocycles. The molecule has 0 spiro atoms. The number of imidazole rings is 1. The average Bonchev–Trinajstić information content (AvgIpc) is 3.24. The van der Waals surface area contributed by atoms with E-state index in [1.165, 1.54) is 0 Å². The normalized spacial score (nSPS) is 11.3. The zero-order valence-electron chi connectivity index (χ0n) is 13.5. The van der Waals surface area contributed by atoms with E-state index in [1.54, 1.807) is 11.8 Å². The van der Waals surface area contributed by atoms with Crippen LogP contribution in [0, 0.1) is 0 Å². The number of hydrogen-bond acceptors (Lipinski definition) is 5. The molecule has 25 heavy (non-hydrogen) atoms. The maximum absolute atomic E-state index is 6.01. The van der Waals surface area contributed by atoms with Crippen molar-refractivity contribution in [2.45, 2.75) is 24.4 Å². The molecular weight excluding hydrogens is 356 g/mol. The third-order valence-electron chi connectivity index (χ3n) is 3.81. The summed E-state index contributed by atoms with van der Waals surface area (Å²) in [6.07, 6.45) is 0. The van der Waals surface area contributed by atoms with Gasteiger partial charge in [0.1, 0.15) is 0 Å². The van der Waals surface area contributed by atoms with Gasteiger partial charge in [0, 0.05) is 17.1 Å². The molecular formula is C18H15ClN4OS. The first-order valence-corrected chi connectivity index (χ1v) is 9.27. The highest BCUT2D eigenvalue weighted by atomic mass is 35.5. The van der Waals surface area contributed by atoms with E-state index in [0.717, 1.165) is 28.3 Å². The highest BCUT2D eigenvalue weighted by Crippen LogP contribution is 2.27. The zero-order valence-corrected chi connectivity index (χ0v) is 15.1. The van der Waals surface area contributed by atoms with Crippen molar-refractivity contribution >= 4 is 34.4 Å². The third kappa shape index (κ3) is 3.27. The molecule has 2 aromatic heterocycles. The second-order valence-corrected chi connectivity index (χ2v) is 6.82. The van der Waals surface area contributed by atoms with Crippen molar-refractivity contribution in [3.63, 3.8) is 0 Å². The van der Waals surface area contributed by atoms with Gasteiger partial charge in [-0.3, -0.25) is 0 Å². The van der Waals surface area contributed by atoms with E-state index in [2.05, 4.69) is 27.7 Å². The lowest BCUT2D eigenvalue weighted by molar-refractivity contribution is 0.391. The van der Waals surface area contributed by atoms with Crippen molar-refractivity contribution in [2.75, 3.05) is 0 Å². The van der Waals surface area contributed by atoms with Gasteiger partial charge in [0.15, 0.2) is 5.16 Å². The number of hydrogen-bond donors (Lipinski definition) is 0. The Balaban J connectivity index is 1.54. The molecule has 0 fully saturated rings. The molecule has 0 unspecified atom stereocenters. The Kier molecular flexibility index (Phi) is 4.46. The van der Waals surface area contributed by atoms with E-state index in [9.17, 15) is 0 Å². The maximum Gasteiger partial charge on any atom is 0.237 e. The summed E-state index contributed by atoms with van der Waals surface area (Å²) in [6.45, 7) is 2.97. The first-order valence-electron chi connectivity index (χ1n) is 7.91. The molecule has 7 heteroatoms. The average molecular weight is 371 g/mol. The standard InChI is InChI=1S/C18H15ClN4OS/c1-2-23-15-9-4-3-8-14(15)20-18(23)25-11-16-21-17(22-24-16)12-6-5-7-13(19)10-12/h3-10H,2,11H2,1H3. The molecule has 0 N–H and O–H groups in total. The van der Waals surface area contributed by atoms with E-state index >= 15 is 0 Å². The molecule has 0 bridgehead atoms. The fourth-order valence-corrected chi connectivity index (χ4v) is 3.76. The van der Waals surface area contributed by atoms with Crippen molar-refractivity contribution < 1.29 is 4.52 Å². The van der Waals surface area contributed by atoms with Gasteiger partial charge in [0.25, 0.3) is 0 Å². The second kappa shape index (κ2) is 6.90. The van der Waals surface area contributed by atoms with Crippen LogP contribution in [-0.4, -0.2) is 19.7 Å². The molecule has 0 aliphatic carbocycles. The summed E-state index contributed by atoms with van der Waals surface area (Å²) in [5.74, 6) is 1.67. The Labute approximate surface area is 154 Å². The maximum atomic E-state index is 6.01. The summed E-state index contributed by atoms with van der Waals surface area (Å²) in [5.41, 5.74) is 2.97. The summed E-state index contributed by atoms with van der Waals surface area (Å²) in [5, 5.41) is 5.64. The van der Waals surface area contributed by atoms with Crippen LogP contribution >= 0.6 is 23.4 Å². The van der Waals surface area contributed by atoms with Gasteiger partial charge in [-0.05, 0) is 31.2 Å². The van der Waals surface area contributed by atoms with E-state index in [-0.39, 0.29) is 0 Å². The molecule has 2 aromatic carbocycles. The molecule has 0 saturated heterocycles. The van der Waals surface area contributed by atoms with Crippen LogP contribution in [0.4, 0.5) is 0 Å². The third-order valence-corrected chi connectivity index (χ3v) is 5.01. The highest BCUT2D eigenvalue weighted by Gasteiger charge is 2.13. The van der Waals surface area contributed by atoms with Gasteiger partial charge in [-0.2, -0.15) is 4.98 Å². The van der Waals surface area contributed by atoms with Crippen molar-refractivity contribution in [3.8, 4) is 11.4 Å². The van der Waals surface area contributed by atoms with Crippen LogP contribution < -0.4 is 0 Å². The summed E-state index contributed by atoms with van der Waals surface area (Å²) in [6, 6.07) is 15.5. The lowest BCUT2D eigenvalue weighted by atomic mass is 10.2. The predicted molar refractivity (Wildman–Crippen MR) is 99.7 cm³/mol. The van der Waals surface area contributed by atoms with Gasteiger partial charge in [-0.1, -0.05) is 52.8 Å². The van der Waals surface area contributed by atoms with Crippen molar-refractivity contribution in [1.82, 2.24) is 19.7 Å². The summed E-state index contributed by atoms with van der Waals surface area (Å²) in [7, 11) is 0. The molecule has 2 heterocycles. The number of para-hydroxylation sites is 2. The van der Waals surface area contributed by atoms with Crippen molar-refractivity contribution in [1.29, 1.82) is 0 Å². The Morgan fingerprint density at radius 1 is 1.12 bits per heavy atom. The van der Waals surface area contributed by atoms with Crippen LogP contribution in [0.15, 0.2) is 58.2 Å². The molecule has 0 saturated carbocycles. The Morgan fingerprint density at radius 3 is 2.84 bits per heavy atom. The first-order chi connectivity index (χ1) is 12.2. The number of thioether (sulfide) groups is 1. The van der Waals surface area contributed by atoms with Crippen molar-refractivity contribution in [2.24, 2.45) is 0 Å². The Hall–Kier alpha value is -2.31. The van der Waals surface area contributed by atoms with E-state index in [1.807, 2.05) is 42.5 Å². The number of rotatable bonds is 5. The monoisotopic (exact) mass is 370 g/mol. The minimum absolute atomic E-state index is 0.544. The SMILES string of the molecule is CCn1c(SCc2nc(-c3cccc(Cl)c3)no2)nc2ccccc21. The topological polar surface area (TPSA) is 56.7 Å². The molecule has 0 radical (unpaired) electrons. The van der Waals surface area contributed by atoms with Crippen LogP contribution in [0.1, 0.15) is 12.8 Å². The van der Waals surface area contributed by atoms with Gasteiger partial charge in [-0.25, -0.2) is 4.98 Å². The second-order valence-electron chi connectivity index (χ2n) is 5.44. The van der Waals surface area contributed by atoms with Gasteiger partial charge >= 0.3 is 0 Å². The van der Waals surface area contributed by atoms with Crippen LogP contribution in [0.3, 0.4) is 0 Å². The van der Waals surface area contributed by atoms with Gasteiger partial charge in [-0.15, -0.1) is 0 Å². The quantitative estimate of drug-likeness (QED) is 0.460. The fraction of sp³-hybridized carbons (Fsp3) is 0.167. The molecule has 0 atom stereocenters. The number of benzene rings is 2. The Morgan fingerprint density at radius 2 is 2.00 bits per heavy atom. The number of aromatic nitrogens is 4. The summed E-state index contributed by atoms with van der Waals surface area (Å²) in [4.78, 5) is 9.15. The number of halogens is 1. The summed E-state index contributed by atoms with van der Waals surface area (Å²) < 4.78 is 7.55. The lowest BCUT2D eigenvalue weighted by Crippen LogP contribution is -1.96. The van der Waals surface area contributed by atoms with E-state index in [0.29, 0.717) is 22.5 Å². The van der Waals surface area contributed by atoms with Gasteiger partial charge in [0.05, 0.1) is 16.8 Å². The van der Waals surface area contributed by atoms with Crippen LogP contribution in [0.2, 0.25) is 5.02 Å². The lowest BCUT2D eigenvalue weighted by Gasteiger charge is -2.03. The first kappa shape index (κ1) is 16.2. The molecule has 4 rings (SSSR count). The number of aryl methyl sites for hydroxylation is 1. The molecule has 5 nitrogen and oxygen atoms in total. The van der Waals surface area contributed by atoms with Crippen LogP contribution in [0.25, 0.3) is 22.4 Å². The fourth-order valence-electron chi connectivity index (χ4n) is 2.65. The minimum atomic E-state index is 0.544. The number of nitrogens with zero attached hydrogens (tertiary/aromatic N) is 4. The van der Waals surface area contributed by atoms with Crippen LogP contribution in [0.5, 0.6) is 0 Å². The smallest absolute Gasteiger partial charge is 0.237 e. The molecule has 0 aliphatic rings. The van der Waals surface area contributed by atoms with Crippen molar-refractivity contribution in [3.05, 3.63) is 59.4 Å². The van der Waals surface area contributed by atoms with Gasteiger partial charge < -0.3 is 9.09 Å². The Bertz CT molecular complexity index is 1030. The van der Waals surface area contributed by atoms with Crippen LogP contribution in [-0.2, 0) is 12.3 Å². The largest absolute Gasteiger partial charge is 0.338 e. The predicted octanol–water partition coefficient (Wildman–Crippen LogP) is 5.05. The molecule has 126 valence electrons. The molecule has 4 aromatic rings. The highest BCUT2D eigenvalue weighted by molar-refractivity contribution is 7.98. The van der Waals surface area contributed by atoms with E-state index in [4.69, 9.17) is 21.1 Å². The van der Waals surface area contributed by atoms with E-state index < -0.39 is 0 Å².